The number of ether oxygens (including phenoxy) is 1. The van der Waals surface area contributed by atoms with Crippen molar-refractivity contribution in [2.75, 3.05) is 19.4 Å². The quantitative estimate of drug-likeness (QED) is 0.221. The van der Waals surface area contributed by atoms with E-state index in [2.05, 4.69) is 9.05 Å². The van der Waals surface area contributed by atoms with Gasteiger partial charge in [-0.25, -0.2) is 0 Å². The van der Waals surface area contributed by atoms with Gasteiger partial charge in [0.15, 0.2) is 13.2 Å². The van der Waals surface area contributed by atoms with Gasteiger partial charge in [-0.2, -0.15) is 26.3 Å². The Morgan fingerprint density at radius 1 is 0.939 bits per heavy atom. The highest BCUT2D eigenvalue weighted by Crippen LogP contribution is 2.51. The molecule has 0 aliphatic heterocycles. The highest BCUT2D eigenvalue weighted by molar-refractivity contribution is 7.54. The second-order valence-electron chi connectivity index (χ2n) is 8.55. The van der Waals surface area contributed by atoms with Crippen LogP contribution in [0, 0.1) is 5.92 Å². The molecule has 1 aliphatic carbocycles. The monoisotopic (exact) mass is 504 g/mol. The van der Waals surface area contributed by atoms with Gasteiger partial charge in [0.05, 0.1) is 0 Å². The van der Waals surface area contributed by atoms with Crippen molar-refractivity contribution in [3.05, 3.63) is 35.9 Å². The van der Waals surface area contributed by atoms with Gasteiger partial charge in [-0.05, 0) is 30.2 Å². The molecule has 2 atom stereocenters. The molecule has 0 bridgehead atoms. The SMILES string of the molecule is CC(C)(c1ccccc1)[C@H]1CCCC[C@@H]1OC(=O)CP(=O)(OCC(F)(F)F)OCC(F)(F)F. The fourth-order valence-electron chi connectivity index (χ4n) is 3.98. The molecule has 0 spiro atoms. The topological polar surface area (TPSA) is 61.8 Å². The first kappa shape index (κ1) is 27.7. The van der Waals surface area contributed by atoms with Gasteiger partial charge in [-0.15, -0.1) is 0 Å². The molecule has 0 radical (unpaired) electrons. The van der Waals surface area contributed by atoms with Gasteiger partial charge in [0, 0.05) is 5.92 Å². The lowest BCUT2D eigenvalue weighted by Crippen LogP contribution is -2.42. The summed E-state index contributed by atoms with van der Waals surface area (Å²) in [5.74, 6) is -1.40. The Labute approximate surface area is 188 Å². The molecule has 0 amide bonds. The van der Waals surface area contributed by atoms with Crippen LogP contribution in [0.15, 0.2) is 30.3 Å². The van der Waals surface area contributed by atoms with E-state index < -0.39 is 56.8 Å². The van der Waals surface area contributed by atoms with E-state index in [1.165, 1.54) is 0 Å². The van der Waals surface area contributed by atoms with Crippen LogP contribution in [0.2, 0.25) is 0 Å². The highest BCUT2D eigenvalue weighted by Gasteiger charge is 2.43. The molecule has 1 fully saturated rings. The van der Waals surface area contributed by atoms with Gasteiger partial charge in [0.1, 0.15) is 12.3 Å². The van der Waals surface area contributed by atoms with Crippen LogP contribution in [0.25, 0.3) is 0 Å². The maximum Gasteiger partial charge on any atom is 0.412 e. The van der Waals surface area contributed by atoms with Crippen LogP contribution < -0.4 is 0 Å². The first-order chi connectivity index (χ1) is 15.1. The van der Waals surface area contributed by atoms with Crippen LogP contribution in [-0.4, -0.2) is 43.8 Å². The number of benzene rings is 1. The minimum Gasteiger partial charge on any atom is -0.462 e. The van der Waals surface area contributed by atoms with Crippen LogP contribution in [0.4, 0.5) is 26.3 Å². The molecule has 0 unspecified atom stereocenters. The highest BCUT2D eigenvalue weighted by atomic mass is 31.2. The van der Waals surface area contributed by atoms with E-state index in [9.17, 15) is 35.7 Å². The number of carbonyl (C=O) groups excluding carboxylic acids is 1. The second-order valence-corrected chi connectivity index (χ2v) is 10.6. The predicted molar refractivity (Wildman–Crippen MR) is 108 cm³/mol. The molecular weight excluding hydrogens is 477 g/mol. The van der Waals surface area contributed by atoms with Gasteiger partial charge in [-0.3, -0.25) is 18.4 Å². The summed E-state index contributed by atoms with van der Waals surface area (Å²) in [4.78, 5) is 12.5. The van der Waals surface area contributed by atoms with Gasteiger partial charge < -0.3 is 4.74 Å². The van der Waals surface area contributed by atoms with Crippen molar-refractivity contribution in [2.45, 2.75) is 63.4 Å². The molecule has 1 aromatic carbocycles. The summed E-state index contributed by atoms with van der Waals surface area (Å²) in [5, 5.41) is 0. The number of alkyl halides is 6. The van der Waals surface area contributed by atoms with Crippen molar-refractivity contribution in [1.82, 2.24) is 0 Å². The van der Waals surface area contributed by atoms with E-state index in [-0.39, 0.29) is 5.92 Å². The minimum absolute atomic E-state index is 0.163. The van der Waals surface area contributed by atoms with E-state index in [0.717, 1.165) is 18.4 Å². The molecule has 2 rings (SSSR count). The Morgan fingerprint density at radius 3 is 1.97 bits per heavy atom. The lowest BCUT2D eigenvalue weighted by atomic mass is 9.66. The van der Waals surface area contributed by atoms with Crippen molar-refractivity contribution in [3.63, 3.8) is 0 Å². The van der Waals surface area contributed by atoms with Crippen molar-refractivity contribution in [3.8, 4) is 0 Å². The molecule has 1 aromatic rings. The third-order valence-corrected chi connectivity index (χ3v) is 7.29. The molecule has 1 aliphatic rings. The third-order valence-electron chi connectivity index (χ3n) is 5.60. The van der Waals surface area contributed by atoms with E-state index in [0.29, 0.717) is 12.8 Å². The Balaban J connectivity index is 2.13. The number of hydrogen-bond acceptors (Lipinski definition) is 5. The predicted octanol–water partition coefficient (Wildman–Crippen LogP) is 6.42. The molecular formula is C21H27F6O5P. The second kappa shape index (κ2) is 10.8. The smallest absolute Gasteiger partial charge is 0.412 e. The molecule has 188 valence electrons. The fraction of sp³-hybridized carbons (Fsp3) is 0.667. The molecule has 1 saturated carbocycles. The summed E-state index contributed by atoms with van der Waals surface area (Å²) in [6.07, 6.45) is -9.20. The van der Waals surface area contributed by atoms with Crippen molar-refractivity contribution < 1.29 is 49.5 Å². The Hall–Kier alpha value is -1.58. The summed E-state index contributed by atoms with van der Waals surface area (Å²) in [6, 6.07) is 9.45. The van der Waals surface area contributed by atoms with E-state index >= 15 is 0 Å². The normalized spacial score (nSPS) is 20.5. The average molecular weight is 504 g/mol. The van der Waals surface area contributed by atoms with Crippen LogP contribution in [-0.2, 0) is 28.6 Å². The van der Waals surface area contributed by atoms with Crippen molar-refractivity contribution in [2.24, 2.45) is 5.92 Å². The van der Waals surface area contributed by atoms with Gasteiger partial charge in [-0.1, -0.05) is 50.6 Å². The lowest BCUT2D eigenvalue weighted by molar-refractivity contribution is -0.167. The van der Waals surface area contributed by atoms with E-state index in [1.54, 1.807) is 0 Å². The third kappa shape index (κ3) is 8.94. The molecule has 12 heteroatoms. The molecule has 5 nitrogen and oxygen atoms in total. The molecule has 0 aromatic heterocycles. The minimum atomic E-state index is -5.07. The van der Waals surface area contributed by atoms with Crippen LogP contribution in [0.5, 0.6) is 0 Å². The molecule has 0 heterocycles. The molecule has 0 N–H and O–H groups in total. The summed E-state index contributed by atoms with van der Waals surface area (Å²) < 4.78 is 101. The molecule has 0 saturated heterocycles. The number of halogens is 6. The Kier molecular flexibility index (Phi) is 9.04. The van der Waals surface area contributed by atoms with Gasteiger partial charge in [0.25, 0.3) is 0 Å². The van der Waals surface area contributed by atoms with Gasteiger partial charge in [0.2, 0.25) is 0 Å². The summed E-state index contributed by atoms with van der Waals surface area (Å²) in [7, 11) is -5.07. The zero-order chi connectivity index (χ0) is 24.9. The van der Waals surface area contributed by atoms with E-state index in [4.69, 9.17) is 4.74 Å². The Morgan fingerprint density at radius 2 is 1.45 bits per heavy atom. The average Bonchev–Trinajstić information content (AvgIpc) is 2.71. The summed E-state index contributed by atoms with van der Waals surface area (Å²) in [5.41, 5.74) is 0.557. The lowest BCUT2D eigenvalue weighted by Gasteiger charge is -2.42. The standard InChI is InChI=1S/C21H27F6O5P/c1-19(2,15-8-4-3-5-9-15)16-10-6-7-11-17(16)32-18(28)12-33(29,30-13-20(22,23)24)31-14-21(25,26)27/h3-5,8-9,16-17H,6-7,10-14H2,1-2H3/t16-,17-/m0/s1. The van der Waals surface area contributed by atoms with Crippen LogP contribution in [0.3, 0.4) is 0 Å². The molecule has 33 heavy (non-hydrogen) atoms. The van der Waals surface area contributed by atoms with Crippen molar-refractivity contribution >= 4 is 13.6 Å². The number of hydrogen-bond donors (Lipinski definition) is 0. The van der Waals surface area contributed by atoms with Crippen LogP contribution in [0.1, 0.15) is 45.1 Å². The number of esters is 1. The van der Waals surface area contributed by atoms with Crippen molar-refractivity contribution in [1.29, 1.82) is 0 Å². The Bertz CT molecular complexity index is 803. The maximum atomic E-state index is 12.5. The number of carbonyl (C=O) groups is 1. The maximum absolute atomic E-state index is 12.5. The largest absolute Gasteiger partial charge is 0.462 e. The van der Waals surface area contributed by atoms with Gasteiger partial charge >= 0.3 is 25.9 Å². The van der Waals surface area contributed by atoms with Crippen LogP contribution >= 0.6 is 7.60 Å². The zero-order valence-corrected chi connectivity index (χ0v) is 19.1. The zero-order valence-electron chi connectivity index (χ0n) is 18.2. The first-order valence-corrected chi connectivity index (χ1v) is 12.1. The summed E-state index contributed by atoms with van der Waals surface area (Å²) in [6.45, 7) is -0.295. The number of rotatable bonds is 9. The fourth-order valence-corrected chi connectivity index (χ4v) is 5.32. The van der Waals surface area contributed by atoms with E-state index in [1.807, 2.05) is 44.2 Å². The summed E-state index contributed by atoms with van der Waals surface area (Å²) >= 11 is 0. The first-order valence-electron chi connectivity index (χ1n) is 10.4.